The largest absolute Gasteiger partial charge is 0.339 e. The van der Waals surface area contributed by atoms with Crippen LogP contribution < -0.4 is 0 Å². The van der Waals surface area contributed by atoms with Gasteiger partial charge in [0, 0.05) is 30.3 Å². The van der Waals surface area contributed by atoms with E-state index in [0.29, 0.717) is 11.1 Å². The molecule has 0 spiro atoms. The molecule has 0 atom stereocenters. The van der Waals surface area contributed by atoms with Gasteiger partial charge in [0.25, 0.3) is 11.6 Å². The van der Waals surface area contributed by atoms with E-state index in [1.54, 1.807) is 19.1 Å². The third kappa shape index (κ3) is 3.60. The van der Waals surface area contributed by atoms with E-state index >= 15 is 0 Å². The highest BCUT2D eigenvalue weighted by Gasteiger charge is 2.23. The van der Waals surface area contributed by atoms with E-state index in [2.05, 4.69) is 0 Å². The Morgan fingerprint density at radius 2 is 1.86 bits per heavy atom. The molecule has 2 rings (SSSR count). The maximum absolute atomic E-state index is 12.5. The zero-order chi connectivity index (χ0) is 15.4. The standard InChI is InChI=1S/C16H22N2O3/c1-12-11-13(9-10-15(12)18(20)21)16(19)17(2)14-7-5-3-4-6-8-14/h9-11,14H,3-8H2,1-2H3. The van der Waals surface area contributed by atoms with Crippen molar-refractivity contribution in [1.82, 2.24) is 4.90 Å². The van der Waals surface area contributed by atoms with Crippen LogP contribution in [-0.2, 0) is 0 Å². The van der Waals surface area contributed by atoms with Gasteiger partial charge in [-0.05, 0) is 31.9 Å². The van der Waals surface area contributed by atoms with Crippen LogP contribution >= 0.6 is 0 Å². The first-order chi connectivity index (χ1) is 10.0. The highest BCUT2D eigenvalue weighted by molar-refractivity contribution is 5.94. The Morgan fingerprint density at radius 3 is 2.38 bits per heavy atom. The summed E-state index contributed by atoms with van der Waals surface area (Å²) in [6.45, 7) is 1.67. The molecule has 0 heterocycles. The number of rotatable bonds is 3. The average Bonchev–Trinajstić information content (AvgIpc) is 2.74. The van der Waals surface area contributed by atoms with Crippen LogP contribution in [0.4, 0.5) is 5.69 Å². The van der Waals surface area contributed by atoms with Gasteiger partial charge in [0.05, 0.1) is 4.92 Å². The number of hydrogen-bond donors (Lipinski definition) is 0. The highest BCUT2D eigenvalue weighted by atomic mass is 16.6. The van der Waals surface area contributed by atoms with Crippen LogP contribution in [-0.4, -0.2) is 28.8 Å². The second-order valence-electron chi connectivity index (χ2n) is 5.82. The minimum absolute atomic E-state index is 0.0418. The predicted octanol–water partition coefficient (Wildman–Crippen LogP) is 3.70. The number of amides is 1. The SMILES string of the molecule is Cc1cc(C(=O)N(C)C2CCCCCC2)ccc1[N+](=O)[O-]. The lowest BCUT2D eigenvalue weighted by molar-refractivity contribution is -0.385. The summed E-state index contributed by atoms with van der Waals surface area (Å²) in [5.74, 6) is -0.0418. The second-order valence-corrected chi connectivity index (χ2v) is 5.82. The Morgan fingerprint density at radius 1 is 1.24 bits per heavy atom. The van der Waals surface area contributed by atoms with Gasteiger partial charge in [-0.25, -0.2) is 0 Å². The van der Waals surface area contributed by atoms with E-state index in [0.717, 1.165) is 12.8 Å². The smallest absolute Gasteiger partial charge is 0.272 e. The summed E-state index contributed by atoms with van der Waals surface area (Å²) in [6, 6.07) is 4.88. The van der Waals surface area contributed by atoms with Crippen LogP contribution in [0.25, 0.3) is 0 Å². The molecule has 5 nitrogen and oxygen atoms in total. The molecule has 0 aromatic heterocycles. The van der Waals surface area contributed by atoms with Crippen molar-refractivity contribution in [2.45, 2.75) is 51.5 Å². The third-order valence-electron chi connectivity index (χ3n) is 4.33. The fraction of sp³-hybridized carbons (Fsp3) is 0.562. The van der Waals surface area contributed by atoms with Gasteiger partial charge in [0.2, 0.25) is 0 Å². The van der Waals surface area contributed by atoms with Crippen LogP contribution in [0.3, 0.4) is 0 Å². The molecule has 21 heavy (non-hydrogen) atoms. The molecule has 0 saturated heterocycles. The molecule has 0 N–H and O–H groups in total. The Labute approximate surface area is 125 Å². The molecule has 5 heteroatoms. The van der Waals surface area contributed by atoms with Crippen LogP contribution in [0.5, 0.6) is 0 Å². The average molecular weight is 290 g/mol. The summed E-state index contributed by atoms with van der Waals surface area (Å²) < 4.78 is 0. The van der Waals surface area contributed by atoms with Crippen molar-refractivity contribution in [3.05, 3.63) is 39.4 Å². The zero-order valence-corrected chi connectivity index (χ0v) is 12.7. The number of benzene rings is 1. The summed E-state index contributed by atoms with van der Waals surface area (Å²) in [6.07, 6.45) is 6.93. The molecular weight excluding hydrogens is 268 g/mol. The topological polar surface area (TPSA) is 63.5 Å². The van der Waals surface area contributed by atoms with E-state index < -0.39 is 4.92 Å². The zero-order valence-electron chi connectivity index (χ0n) is 12.7. The van der Waals surface area contributed by atoms with Gasteiger partial charge in [-0.2, -0.15) is 0 Å². The van der Waals surface area contributed by atoms with Crippen LogP contribution in [0.2, 0.25) is 0 Å². The minimum atomic E-state index is -0.418. The number of nitrogens with zero attached hydrogens (tertiary/aromatic N) is 2. The Balaban J connectivity index is 2.15. The molecule has 1 aromatic carbocycles. The van der Waals surface area contributed by atoms with E-state index in [4.69, 9.17) is 0 Å². The van der Waals surface area contributed by atoms with Gasteiger partial charge >= 0.3 is 0 Å². The second kappa shape index (κ2) is 6.70. The van der Waals surface area contributed by atoms with Gasteiger partial charge in [0.15, 0.2) is 0 Å². The summed E-state index contributed by atoms with van der Waals surface area (Å²) in [7, 11) is 1.84. The molecule has 1 aliphatic rings. The number of aryl methyl sites for hydroxylation is 1. The van der Waals surface area contributed by atoms with Crippen molar-refractivity contribution in [3.63, 3.8) is 0 Å². The Kier molecular flexibility index (Phi) is 4.94. The van der Waals surface area contributed by atoms with Crippen LogP contribution in [0.15, 0.2) is 18.2 Å². The summed E-state index contributed by atoms with van der Waals surface area (Å²) in [5.41, 5.74) is 1.12. The van der Waals surface area contributed by atoms with E-state index in [9.17, 15) is 14.9 Å². The number of carbonyl (C=O) groups excluding carboxylic acids is 1. The maximum Gasteiger partial charge on any atom is 0.272 e. The van der Waals surface area contributed by atoms with Crippen molar-refractivity contribution >= 4 is 11.6 Å². The van der Waals surface area contributed by atoms with E-state index in [-0.39, 0.29) is 17.6 Å². The van der Waals surface area contributed by atoms with Gasteiger partial charge in [-0.1, -0.05) is 25.7 Å². The number of carbonyl (C=O) groups is 1. The van der Waals surface area contributed by atoms with Crippen molar-refractivity contribution in [2.75, 3.05) is 7.05 Å². The molecule has 0 unspecified atom stereocenters. The first-order valence-corrected chi connectivity index (χ1v) is 7.53. The van der Waals surface area contributed by atoms with E-state index in [1.165, 1.54) is 31.7 Å². The lowest BCUT2D eigenvalue weighted by Gasteiger charge is -2.27. The molecule has 1 aromatic rings. The normalized spacial score (nSPS) is 16.3. The first-order valence-electron chi connectivity index (χ1n) is 7.53. The lowest BCUT2D eigenvalue weighted by atomic mass is 10.0. The van der Waals surface area contributed by atoms with Crippen molar-refractivity contribution in [1.29, 1.82) is 0 Å². The molecular formula is C16H22N2O3. The van der Waals surface area contributed by atoms with Gasteiger partial charge in [0.1, 0.15) is 0 Å². The van der Waals surface area contributed by atoms with Gasteiger partial charge < -0.3 is 4.90 Å². The Hall–Kier alpha value is -1.91. The van der Waals surface area contributed by atoms with Crippen LogP contribution in [0.1, 0.15) is 54.4 Å². The van der Waals surface area contributed by atoms with E-state index in [1.807, 2.05) is 11.9 Å². The summed E-state index contributed by atoms with van der Waals surface area (Å²) in [4.78, 5) is 24.8. The molecule has 0 bridgehead atoms. The third-order valence-corrected chi connectivity index (χ3v) is 4.33. The molecule has 1 fully saturated rings. The lowest BCUT2D eigenvalue weighted by Crippen LogP contribution is -2.36. The molecule has 0 aliphatic heterocycles. The van der Waals surface area contributed by atoms with Gasteiger partial charge in [-0.15, -0.1) is 0 Å². The van der Waals surface area contributed by atoms with Crippen molar-refractivity contribution in [3.8, 4) is 0 Å². The molecule has 1 aliphatic carbocycles. The fourth-order valence-electron chi connectivity index (χ4n) is 3.01. The number of hydrogen-bond acceptors (Lipinski definition) is 3. The monoisotopic (exact) mass is 290 g/mol. The quantitative estimate of drug-likeness (QED) is 0.484. The first kappa shape index (κ1) is 15.5. The fourth-order valence-corrected chi connectivity index (χ4v) is 3.01. The van der Waals surface area contributed by atoms with Gasteiger partial charge in [-0.3, -0.25) is 14.9 Å². The molecule has 114 valence electrons. The summed E-state index contributed by atoms with van der Waals surface area (Å²) in [5, 5.41) is 10.8. The summed E-state index contributed by atoms with van der Waals surface area (Å²) >= 11 is 0. The number of nitro groups is 1. The van der Waals surface area contributed by atoms with Crippen LogP contribution in [0, 0.1) is 17.0 Å². The predicted molar refractivity (Wildman–Crippen MR) is 81.4 cm³/mol. The molecule has 0 radical (unpaired) electrons. The highest BCUT2D eigenvalue weighted by Crippen LogP contribution is 2.24. The number of nitro benzene ring substituents is 1. The maximum atomic E-state index is 12.5. The Bertz CT molecular complexity index is 534. The molecule has 1 saturated carbocycles. The minimum Gasteiger partial charge on any atom is -0.339 e. The molecule has 1 amide bonds. The van der Waals surface area contributed by atoms with Crippen molar-refractivity contribution in [2.24, 2.45) is 0 Å². The van der Waals surface area contributed by atoms with Crippen molar-refractivity contribution < 1.29 is 9.72 Å².